The molecule has 0 aliphatic rings. The number of phenols is 3. The van der Waals surface area contributed by atoms with Gasteiger partial charge in [-0.1, -0.05) is 36.4 Å². The van der Waals surface area contributed by atoms with E-state index in [2.05, 4.69) is 29.9 Å². The zero-order chi connectivity index (χ0) is 49.6. The van der Waals surface area contributed by atoms with Gasteiger partial charge in [-0.05, 0) is 89.5 Å². The summed E-state index contributed by atoms with van der Waals surface area (Å²) < 4.78 is 0. The van der Waals surface area contributed by atoms with Crippen molar-refractivity contribution >= 4 is 54.0 Å². The fourth-order valence-corrected chi connectivity index (χ4v) is 3.92. The van der Waals surface area contributed by atoms with Crippen molar-refractivity contribution in [2.75, 3.05) is 0 Å². The molecule has 3 unspecified atom stereocenters. The maximum absolute atomic E-state index is 10.2. The molecule has 3 atom stereocenters. The SMILES string of the molecule is O=C([O-])C(O)c1ccc(O)cc1.O=C([O-])C(O)c1ccc(O)cc1.O=C([O-])C(O)c1ccc(O)cc1.O=C([O-])C=Cc1cnc[nH]1.O=C([O-])C=Cc1cnc[nH]1.O=C([O-])C=Cc1cnc[nH]1.[Mo]. The maximum Gasteiger partial charge on any atom is 0.118 e. The van der Waals surface area contributed by atoms with Crippen LogP contribution in [0.5, 0.6) is 17.2 Å². The van der Waals surface area contributed by atoms with E-state index in [1.165, 1.54) is 129 Å². The van der Waals surface area contributed by atoms with Crippen molar-refractivity contribution in [3.8, 4) is 17.2 Å². The minimum absolute atomic E-state index is 0. The molecular formula is C42H36MoN6O18-6. The molecule has 6 rings (SSSR count). The number of aliphatic hydroxyl groups excluding tert-OH is 3. The van der Waals surface area contributed by atoms with Gasteiger partial charge >= 0.3 is 0 Å². The van der Waals surface area contributed by atoms with Crippen molar-refractivity contribution in [3.63, 3.8) is 0 Å². The summed E-state index contributed by atoms with van der Waals surface area (Å²) in [5, 5.41) is 113. The van der Waals surface area contributed by atoms with E-state index in [9.17, 15) is 59.4 Å². The molecule has 0 spiro atoms. The molecule has 354 valence electrons. The number of carbonyl (C=O) groups excluding carboxylic acids is 6. The second-order valence-electron chi connectivity index (χ2n) is 11.9. The molecule has 0 aliphatic carbocycles. The number of H-pyrrole nitrogens is 3. The van der Waals surface area contributed by atoms with E-state index < -0.39 is 54.1 Å². The molecule has 6 aromatic rings. The van der Waals surface area contributed by atoms with Crippen LogP contribution in [-0.2, 0) is 49.8 Å². The molecule has 0 bridgehead atoms. The molecule has 3 aromatic heterocycles. The topological polar surface area (TPSA) is 448 Å². The molecule has 3 heterocycles. The molecule has 0 radical (unpaired) electrons. The van der Waals surface area contributed by atoms with Crippen LogP contribution in [0.4, 0.5) is 0 Å². The van der Waals surface area contributed by atoms with Crippen LogP contribution >= 0.6 is 0 Å². The monoisotopic (exact) mass is 1010 g/mol. The van der Waals surface area contributed by atoms with Crippen LogP contribution in [0.25, 0.3) is 18.2 Å². The predicted molar refractivity (Wildman–Crippen MR) is 212 cm³/mol. The third-order valence-corrected chi connectivity index (χ3v) is 7.05. The van der Waals surface area contributed by atoms with Crippen molar-refractivity contribution in [1.29, 1.82) is 0 Å². The Kier molecular flexibility index (Phi) is 27.9. The van der Waals surface area contributed by atoms with Crippen molar-refractivity contribution in [2.45, 2.75) is 18.3 Å². The zero-order valence-electron chi connectivity index (χ0n) is 33.9. The Bertz CT molecular complexity index is 2180. The van der Waals surface area contributed by atoms with Gasteiger partial charge in [-0.15, -0.1) is 0 Å². The molecule has 3 aromatic carbocycles. The van der Waals surface area contributed by atoms with Gasteiger partial charge in [0.15, 0.2) is 0 Å². The van der Waals surface area contributed by atoms with Gasteiger partial charge in [0.1, 0.15) is 35.6 Å². The summed E-state index contributed by atoms with van der Waals surface area (Å²) in [5.74, 6) is -8.25. The number of nitrogens with one attached hydrogen (secondary N) is 3. The van der Waals surface area contributed by atoms with E-state index in [0.29, 0.717) is 17.1 Å². The molecule has 0 saturated heterocycles. The Labute approximate surface area is 391 Å². The van der Waals surface area contributed by atoms with E-state index in [1.807, 2.05) is 0 Å². The minimum Gasteiger partial charge on any atom is -0.547 e. The Morgan fingerprint density at radius 2 is 0.627 bits per heavy atom. The largest absolute Gasteiger partial charge is 0.547 e. The molecule has 0 amide bonds. The van der Waals surface area contributed by atoms with Crippen molar-refractivity contribution < 1.29 is 111 Å². The number of imidazole rings is 3. The molecule has 0 saturated carbocycles. The smallest absolute Gasteiger partial charge is 0.118 e. The van der Waals surface area contributed by atoms with Crippen LogP contribution in [0.1, 0.15) is 52.1 Å². The number of aliphatic carboxylic acids is 6. The number of aromatic nitrogens is 6. The third-order valence-electron chi connectivity index (χ3n) is 7.05. The van der Waals surface area contributed by atoms with Crippen LogP contribution in [0.2, 0.25) is 0 Å². The molecular weight excluding hydrogens is 972 g/mol. The summed E-state index contributed by atoms with van der Waals surface area (Å²) in [6, 6.07) is 15.7. The number of rotatable bonds is 12. The Hall–Kier alpha value is -8.70. The number of benzene rings is 3. The number of carboxylic acids is 6. The first-order valence-corrected chi connectivity index (χ1v) is 17.9. The standard InChI is InChI=1S/3C8H8O4.3C6H6N2O2.Mo/c3*9-6-3-1-5(2-4-6)7(10)8(11)12;3*9-6(10)2-1-5-3-7-4-8-5;/h3*1-4,7,9-10H,(H,11,12);3*1-4H,(H,7,8)(H,9,10);/p-6. The Morgan fingerprint density at radius 1 is 0.418 bits per heavy atom. The van der Waals surface area contributed by atoms with Crippen LogP contribution < -0.4 is 30.6 Å². The number of aliphatic hydroxyl groups is 3. The second kappa shape index (κ2) is 32.0. The molecule has 0 aliphatic heterocycles. The quantitative estimate of drug-likeness (QED) is 0.0409. The summed E-state index contributed by atoms with van der Waals surface area (Å²) in [7, 11) is 0. The van der Waals surface area contributed by atoms with Crippen molar-refractivity contribution in [3.05, 3.63) is 162 Å². The van der Waals surface area contributed by atoms with Gasteiger partial charge in [0.05, 0.1) is 90.5 Å². The van der Waals surface area contributed by atoms with Gasteiger partial charge in [0.25, 0.3) is 0 Å². The number of carbonyl (C=O) groups is 6. The first-order chi connectivity index (χ1) is 31.2. The fourth-order valence-electron chi connectivity index (χ4n) is 3.92. The Morgan fingerprint density at radius 3 is 0.776 bits per heavy atom. The van der Waals surface area contributed by atoms with E-state index in [1.54, 1.807) is 0 Å². The van der Waals surface area contributed by atoms with E-state index >= 15 is 0 Å². The summed E-state index contributed by atoms with van der Waals surface area (Å²) in [6.07, 6.45) is 11.0. The summed E-state index contributed by atoms with van der Waals surface area (Å²) in [5.41, 5.74) is 2.49. The van der Waals surface area contributed by atoms with Gasteiger partial charge in [-0.2, -0.15) is 0 Å². The summed E-state index contributed by atoms with van der Waals surface area (Å²) >= 11 is 0. The third kappa shape index (κ3) is 26.5. The van der Waals surface area contributed by atoms with Gasteiger partial charge in [-0.3, -0.25) is 0 Å². The van der Waals surface area contributed by atoms with Crippen LogP contribution in [-0.4, -0.2) is 96.4 Å². The van der Waals surface area contributed by atoms with Gasteiger partial charge in [-0.25, -0.2) is 15.0 Å². The fraction of sp³-hybridized carbons (Fsp3) is 0.0714. The van der Waals surface area contributed by atoms with Crippen LogP contribution in [0, 0.1) is 0 Å². The van der Waals surface area contributed by atoms with Crippen LogP contribution in [0.3, 0.4) is 0 Å². The number of phenolic OH excluding ortho intramolecular Hbond substituents is 3. The first kappa shape index (κ1) is 58.3. The predicted octanol–water partition coefficient (Wildman–Crippen LogP) is -4.96. The number of hydrogen-bond acceptors (Lipinski definition) is 21. The number of carboxylic acid groups (broad SMARTS) is 6. The Balaban J connectivity index is 0.000000779. The number of hydrogen-bond donors (Lipinski definition) is 9. The first-order valence-electron chi connectivity index (χ1n) is 17.9. The van der Waals surface area contributed by atoms with Gasteiger partial charge in [0, 0.05) is 21.1 Å². The zero-order valence-corrected chi connectivity index (χ0v) is 35.9. The maximum atomic E-state index is 10.2. The molecule has 67 heavy (non-hydrogen) atoms. The van der Waals surface area contributed by atoms with Gasteiger partial charge in [0.2, 0.25) is 0 Å². The molecule has 24 nitrogen and oxygen atoms in total. The second-order valence-corrected chi connectivity index (χ2v) is 11.9. The normalized spacial score (nSPS) is 11.3. The van der Waals surface area contributed by atoms with E-state index in [4.69, 9.17) is 30.6 Å². The average Bonchev–Trinajstić information content (AvgIpc) is 4.11. The number of aromatic amines is 3. The van der Waals surface area contributed by atoms with Gasteiger partial charge < -0.3 is 105 Å². The van der Waals surface area contributed by atoms with E-state index in [0.717, 1.165) is 18.2 Å². The van der Waals surface area contributed by atoms with Crippen LogP contribution in [0.15, 0.2) is 129 Å². The number of nitrogens with zero attached hydrogens (tertiary/aromatic N) is 3. The van der Waals surface area contributed by atoms with E-state index in [-0.39, 0.29) is 55.0 Å². The molecule has 9 N–H and O–H groups in total. The molecule has 25 heteroatoms. The average molecular weight is 1010 g/mol. The summed E-state index contributed by atoms with van der Waals surface area (Å²) in [6.45, 7) is 0. The summed E-state index contributed by atoms with van der Waals surface area (Å²) in [4.78, 5) is 79.2. The van der Waals surface area contributed by atoms with Crippen molar-refractivity contribution in [2.24, 2.45) is 0 Å². The molecule has 0 fully saturated rings. The number of aromatic hydroxyl groups is 3. The minimum atomic E-state index is -1.63. The van der Waals surface area contributed by atoms with Crippen molar-refractivity contribution in [1.82, 2.24) is 29.9 Å².